The molecule has 0 fully saturated rings. The fourth-order valence-electron chi connectivity index (χ4n) is 3.13. The first-order valence-electron chi connectivity index (χ1n) is 9.06. The van der Waals surface area contributed by atoms with Crippen molar-refractivity contribution in [2.24, 2.45) is 7.05 Å². The van der Waals surface area contributed by atoms with Gasteiger partial charge in [-0.3, -0.25) is 4.98 Å². The number of fused-ring (bicyclic) bond motifs is 1. The van der Waals surface area contributed by atoms with Crippen LogP contribution in [0, 0.1) is 0 Å². The normalized spacial score (nSPS) is 11.7. The van der Waals surface area contributed by atoms with Gasteiger partial charge in [-0.15, -0.1) is 0 Å². The van der Waals surface area contributed by atoms with Crippen molar-refractivity contribution in [2.75, 3.05) is 13.2 Å². The van der Waals surface area contributed by atoms with Crippen molar-refractivity contribution in [3.63, 3.8) is 0 Å². The number of hydrogen-bond acceptors (Lipinski definition) is 5. The number of halogens is 3. The number of carbonyl (C=O) groups excluding carboxylic acids is 1. The van der Waals surface area contributed by atoms with Crippen LogP contribution in [0.3, 0.4) is 0 Å². The zero-order chi connectivity index (χ0) is 21.2. The Morgan fingerprint density at radius 3 is 2.48 bits per heavy atom. The second-order valence-electron chi connectivity index (χ2n) is 6.30. The summed E-state index contributed by atoms with van der Waals surface area (Å²) in [5, 5.41) is 0.309. The summed E-state index contributed by atoms with van der Waals surface area (Å²) in [6, 6.07) is 5.27. The Kier molecular flexibility index (Phi) is 5.76. The topological polar surface area (TPSA) is 66.2 Å². The van der Waals surface area contributed by atoms with Crippen LogP contribution < -0.4 is 4.74 Å². The molecule has 3 heterocycles. The molecule has 0 aliphatic heterocycles. The van der Waals surface area contributed by atoms with Crippen molar-refractivity contribution in [3.8, 4) is 16.9 Å². The highest BCUT2D eigenvalue weighted by molar-refractivity contribution is 6.01. The van der Waals surface area contributed by atoms with E-state index in [-0.39, 0.29) is 18.1 Å². The van der Waals surface area contributed by atoms with Crippen LogP contribution in [0.5, 0.6) is 5.75 Å². The molecular formula is C20H20F3N3O3. The van der Waals surface area contributed by atoms with Gasteiger partial charge in [-0.2, -0.15) is 13.2 Å². The molecule has 0 aliphatic carbocycles. The molecule has 0 radical (unpaired) electrons. The fraction of sp³-hybridized carbons (Fsp3) is 0.350. The molecule has 154 valence electrons. The number of alkyl halides is 3. The van der Waals surface area contributed by atoms with Crippen LogP contribution in [0.25, 0.3) is 22.2 Å². The van der Waals surface area contributed by atoms with Gasteiger partial charge in [-0.1, -0.05) is 6.92 Å². The molecule has 0 saturated carbocycles. The van der Waals surface area contributed by atoms with Crippen molar-refractivity contribution in [1.29, 1.82) is 0 Å². The van der Waals surface area contributed by atoms with Gasteiger partial charge in [-0.25, -0.2) is 9.78 Å². The van der Waals surface area contributed by atoms with Crippen molar-refractivity contribution >= 4 is 17.0 Å². The Morgan fingerprint density at radius 2 is 1.90 bits per heavy atom. The van der Waals surface area contributed by atoms with Gasteiger partial charge in [-0.05, 0) is 37.1 Å². The van der Waals surface area contributed by atoms with E-state index in [1.165, 1.54) is 4.57 Å². The SMILES string of the molecule is CCOC(=O)c1c(OCC(F)(F)F)c2cc(-c3ccncc3)c(CC)nc2n1C. The van der Waals surface area contributed by atoms with Crippen LogP contribution in [0.1, 0.15) is 30.0 Å². The molecule has 0 unspecified atom stereocenters. The smallest absolute Gasteiger partial charge is 0.422 e. The number of aryl methyl sites for hydroxylation is 2. The zero-order valence-electron chi connectivity index (χ0n) is 16.2. The number of carbonyl (C=O) groups is 1. The van der Waals surface area contributed by atoms with Gasteiger partial charge in [0.15, 0.2) is 18.1 Å². The zero-order valence-corrected chi connectivity index (χ0v) is 16.2. The van der Waals surface area contributed by atoms with Crippen LogP contribution in [-0.2, 0) is 18.2 Å². The first kappa shape index (κ1) is 20.6. The molecule has 0 aliphatic rings. The molecule has 0 atom stereocenters. The van der Waals surface area contributed by atoms with E-state index in [1.807, 2.05) is 6.92 Å². The molecule has 0 bridgehead atoms. The van der Waals surface area contributed by atoms with Crippen molar-refractivity contribution < 1.29 is 27.4 Å². The van der Waals surface area contributed by atoms with E-state index in [1.54, 1.807) is 44.6 Å². The molecule has 3 rings (SSSR count). The quantitative estimate of drug-likeness (QED) is 0.570. The predicted molar refractivity (Wildman–Crippen MR) is 101 cm³/mol. The minimum absolute atomic E-state index is 0.0783. The van der Waals surface area contributed by atoms with E-state index in [4.69, 9.17) is 9.47 Å². The van der Waals surface area contributed by atoms with Gasteiger partial charge >= 0.3 is 12.1 Å². The summed E-state index contributed by atoms with van der Waals surface area (Å²) >= 11 is 0. The van der Waals surface area contributed by atoms with Crippen molar-refractivity contribution in [1.82, 2.24) is 14.5 Å². The highest BCUT2D eigenvalue weighted by Crippen LogP contribution is 2.37. The molecule has 3 aromatic rings. The average molecular weight is 407 g/mol. The molecule has 0 aromatic carbocycles. The van der Waals surface area contributed by atoms with E-state index in [0.717, 1.165) is 16.8 Å². The van der Waals surface area contributed by atoms with Crippen LogP contribution in [0.4, 0.5) is 13.2 Å². The van der Waals surface area contributed by atoms with E-state index in [9.17, 15) is 18.0 Å². The van der Waals surface area contributed by atoms with Gasteiger partial charge in [0.1, 0.15) is 5.65 Å². The van der Waals surface area contributed by atoms with Gasteiger partial charge in [0.2, 0.25) is 0 Å². The van der Waals surface area contributed by atoms with Gasteiger partial charge in [0.25, 0.3) is 0 Å². The summed E-state index contributed by atoms with van der Waals surface area (Å²) in [6.45, 7) is 2.09. The lowest BCUT2D eigenvalue weighted by Gasteiger charge is -2.11. The number of nitrogens with zero attached hydrogens (tertiary/aromatic N) is 3. The Bertz CT molecular complexity index is 1030. The monoisotopic (exact) mass is 407 g/mol. The molecular weight excluding hydrogens is 387 g/mol. The minimum atomic E-state index is -4.56. The van der Waals surface area contributed by atoms with E-state index < -0.39 is 18.8 Å². The first-order valence-corrected chi connectivity index (χ1v) is 9.06. The first-order chi connectivity index (χ1) is 13.8. The fourth-order valence-corrected chi connectivity index (χ4v) is 3.13. The summed E-state index contributed by atoms with van der Waals surface area (Å²) in [7, 11) is 1.55. The van der Waals surface area contributed by atoms with Crippen LogP contribution in [0.15, 0.2) is 30.6 Å². The number of ether oxygens (including phenoxy) is 2. The molecule has 3 aromatic heterocycles. The van der Waals surface area contributed by atoms with Gasteiger partial charge in [0.05, 0.1) is 17.7 Å². The third-order valence-corrected chi connectivity index (χ3v) is 4.37. The third-order valence-electron chi connectivity index (χ3n) is 4.37. The standard InChI is InChI=1S/C20H20F3N3O3/c1-4-15-13(12-6-8-24-9-7-12)10-14-17(29-11-20(21,22)23)16(19(27)28-5-2)26(3)18(14)25-15/h6-10H,4-5,11H2,1-3H3. The third kappa shape index (κ3) is 4.18. The largest absolute Gasteiger partial charge is 0.481 e. The highest BCUT2D eigenvalue weighted by atomic mass is 19.4. The lowest BCUT2D eigenvalue weighted by molar-refractivity contribution is -0.153. The van der Waals surface area contributed by atoms with E-state index in [0.29, 0.717) is 17.5 Å². The summed E-state index contributed by atoms with van der Waals surface area (Å²) in [5.41, 5.74) is 2.53. The molecule has 29 heavy (non-hydrogen) atoms. The second-order valence-corrected chi connectivity index (χ2v) is 6.30. The number of rotatable bonds is 6. The average Bonchev–Trinajstić information content (AvgIpc) is 2.97. The van der Waals surface area contributed by atoms with Crippen LogP contribution in [-0.4, -0.2) is 39.9 Å². The van der Waals surface area contributed by atoms with E-state index >= 15 is 0 Å². The molecule has 0 spiro atoms. The Balaban J connectivity index is 2.27. The molecule has 0 N–H and O–H groups in total. The number of pyridine rings is 2. The Hall–Kier alpha value is -3.10. The molecule has 0 saturated heterocycles. The number of hydrogen-bond donors (Lipinski definition) is 0. The number of aromatic nitrogens is 3. The number of esters is 1. The molecule has 9 heteroatoms. The Labute approximate surface area is 165 Å². The maximum absolute atomic E-state index is 12.8. The van der Waals surface area contributed by atoms with Crippen LogP contribution >= 0.6 is 0 Å². The summed E-state index contributed by atoms with van der Waals surface area (Å²) in [6.07, 6.45) is -0.727. The Morgan fingerprint density at radius 1 is 1.21 bits per heavy atom. The highest BCUT2D eigenvalue weighted by Gasteiger charge is 2.32. The lowest BCUT2D eigenvalue weighted by Crippen LogP contribution is -2.20. The predicted octanol–water partition coefficient (Wildman–Crippen LogP) is 4.32. The summed E-state index contributed by atoms with van der Waals surface area (Å²) in [4.78, 5) is 21.1. The van der Waals surface area contributed by atoms with Crippen molar-refractivity contribution in [3.05, 3.63) is 42.0 Å². The molecule has 6 nitrogen and oxygen atoms in total. The maximum atomic E-state index is 12.8. The van der Waals surface area contributed by atoms with E-state index in [2.05, 4.69) is 9.97 Å². The van der Waals surface area contributed by atoms with Gasteiger partial charge in [0, 0.05) is 25.0 Å². The molecule has 0 amide bonds. The summed E-state index contributed by atoms with van der Waals surface area (Å²) in [5.74, 6) is -0.961. The van der Waals surface area contributed by atoms with Gasteiger partial charge < -0.3 is 14.0 Å². The second kappa shape index (κ2) is 8.10. The maximum Gasteiger partial charge on any atom is 0.422 e. The summed E-state index contributed by atoms with van der Waals surface area (Å²) < 4.78 is 50.0. The minimum Gasteiger partial charge on any atom is -0.481 e. The van der Waals surface area contributed by atoms with Crippen molar-refractivity contribution in [2.45, 2.75) is 26.4 Å². The lowest BCUT2D eigenvalue weighted by atomic mass is 10.0. The van der Waals surface area contributed by atoms with Crippen LogP contribution in [0.2, 0.25) is 0 Å².